The van der Waals surface area contributed by atoms with Crippen molar-refractivity contribution < 1.29 is 9.21 Å². The van der Waals surface area contributed by atoms with Gasteiger partial charge in [0, 0.05) is 17.3 Å². The number of hydrogen-bond acceptors (Lipinski definition) is 6. The van der Waals surface area contributed by atoms with Crippen molar-refractivity contribution in [3.05, 3.63) is 71.6 Å². The topological polar surface area (TPSA) is 107 Å². The van der Waals surface area contributed by atoms with Gasteiger partial charge in [-0.1, -0.05) is 49.4 Å². The highest BCUT2D eigenvalue weighted by atomic mass is 16.3. The molecule has 2 aromatic heterocycles. The molecule has 0 aliphatic rings. The number of amides is 1. The molecule has 140 valence electrons. The van der Waals surface area contributed by atoms with E-state index in [0.717, 1.165) is 16.6 Å². The summed E-state index contributed by atoms with van der Waals surface area (Å²) in [5, 5.41) is 13.2. The van der Waals surface area contributed by atoms with E-state index in [0.29, 0.717) is 41.3 Å². The molecule has 0 atom stereocenters. The second-order valence-corrected chi connectivity index (χ2v) is 6.32. The number of aromatic nitrogens is 3. The summed E-state index contributed by atoms with van der Waals surface area (Å²) < 4.78 is 5.68. The van der Waals surface area contributed by atoms with Gasteiger partial charge in [-0.25, -0.2) is 4.98 Å². The highest BCUT2D eigenvalue weighted by Gasteiger charge is 2.18. The van der Waals surface area contributed by atoms with Gasteiger partial charge in [0.2, 0.25) is 11.7 Å². The molecule has 7 nitrogen and oxygen atoms in total. The largest absolute Gasteiger partial charge is 0.460 e. The van der Waals surface area contributed by atoms with E-state index in [1.165, 1.54) is 6.26 Å². The minimum atomic E-state index is -0.511. The standard InChI is InChI=1S/C21H19N5O2/c1-2-17-20(23-11-13-7-4-3-5-8-13)24-21(26-25-17)18-14-9-6-10-15(19(22)27)16(14)12-28-18/h3-10,12H,2,11H2,1H3,(H2,22,27)(H,23,24,26). The van der Waals surface area contributed by atoms with Crippen molar-refractivity contribution in [2.45, 2.75) is 19.9 Å². The molecule has 0 radical (unpaired) electrons. The first-order valence-electron chi connectivity index (χ1n) is 8.99. The third kappa shape index (κ3) is 3.29. The molecule has 0 aliphatic heterocycles. The predicted octanol–water partition coefficient (Wildman–Crippen LogP) is 3.56. The third-order valence-electron chi connectivity index (χ3n) is 4.51. The molecule has 0 bridgehead atoms. The minimum Gasteiger partial charge on any atom is -0.460 e. The van der Waals surface area contributed by atoms with E-state index in [9.17, 15) is 4.79 Å². The number of nitrogens with two attached hydrogens (primary N) is 1. The maximum atomic E-state index is 11.6. The van der Waals surface area contributed by atoms with Crippen LogP contribution in [0.2, 0.25) is 0 Å². The molecule has 2 heterocycles. The number of anilines is 1. The number of primary amides is 1. The molecule has 0 fully saturated rings. The number of aryl methyl sites for hydroxylation is 1. The summed E-state index contributed by atoms with van der Waals surface area (Å²) in [6, 6.07) is 15.3. The van der Waals surface area contributed by atoms with Crippen LogP contribution >= 0.6 is 0 Å². The Bertz CT molecular complexity index is 1140. The summed E-state index contributed by atoms with van der Waals surface area (Å²) in [5.41, 5.74) is 7.76. The predicted molar refractivity (Wildman–Crippen MR) is 107 cm³/mol. The van der Waals surface area contributed by atoms with Crippen molar-refractivity contribution in [1.82, 2.24) is 15.2 Å². The first-order valence-corrected chi connectivity index (χ1v) is 8.99. The Hall–Kier alpha value is -3.74. The van der Waals surface area contributed by atoms with Crippen LogP contribution in [0.25, 0.3) is 22.4 Å². The smallest absolute Gasteiger partial charge is 0.249 e. The van der Waals surface area contributed by atoms with Gasteiger partial charge in [0.05, 0.1) is 5.56 Å². The fraction of sp³-hybridized carbons (Fsp3) is 0.143. The van der Waals surface area contributed by atoms with Crippen molar-refractivity contribution in [2.24, 2.45) is 5.73 Å². The number of fused-ring (bicyclic) bond motifs is 1. The number of nitrogens with zero attached hydrogens (tertiary/aromatic N) is 3. The fourth-order valence-electron chi connectivity index (χ4n) is 3.06. The van der Waals surface area contributed by atoms with E-state index in [1.54, 1.807) is 12.1 Å². The SMILES string of the molecule is CCc1nnc(-c2occ3c(C(N)=O)cccc23)nc1NCc1ccccc1. The van der Waals surface area contributed by atoms with Crippen LogP contribution in [0, 0.1) is 0 Å². The van der Waals surface area contributed by atoms with E-state index in [-0.39, 0.29) is 0 Å². The van der Waals surface area contributed by atoms with Crippen LogP contribution in [0.5, 0.6) is 0 Å². The Labute approximate surface area is 161 Å². The highest BCUT2D eigenvalue weighted by Crippen LogP contribution is 2.31. The number of carbonyl (C=O) groups excluding carboxylic acids is 1. The molecule has 0 saturated carbocycles. The summed E-state index contributed by atoms with van der Waals surface area (Å²) in [6.07, 6.45) is 2.20. The summed E-state index contributed by atoms with van der Waals surface area (Å²) in [6.45, 7) is 2.62. The molecule has 2 aromatic carbocycles. The second-order valence-electron chi connectivity index (χ2n) is 6.32. The lowest BCUT2D eigenvalue weighted by atomic mass is 10.1. The number of nitrogens with one attached hydrogen (secondary N) is 1. The Morgan fingerprint density at radius 2 is 1.89 bits per heavy atom. The molecule has 0 spiro atoms. The fourth-order valence-corrected chi connectivity index (χ4v) is 3.06. The number of hydrogen-bond donors (Lipinski definition) is 2. The van der Waals surface area contributed by atoms with Crippen molar-refractivity contribution in [3.8, 4) is 11.6 Å². The van der Waals surface area contributed by atoms with Gasteiger partial charge in [0.15, 0.2) is 11.6 Å². The van der Waals surface area contributed by atoms with Gasteiger partial charge in [-0.05, 0) is 18.1 Å². The molecule has 1 amide bonds. The normalized spacial score (nSPS) is 10.9. The molecule has 4 aromatic rings. The Kier molecular flexibility index (Phi) is 4.72. The van der Waals surface area contributed by atoms with Gasteiger partial charge < -0.3 is 15.5 Å². The van der Waals surface area contributed by atoms with Crippen LogP contribution in [0.15, 0.2) is 59.2 Å². The summed E-state index contributed by atoms with van der Waals surface area (Å²) in [4.78, 5) is 16.3. The maximum absolute atomic E-state index is 11.6. The van der Waals surface area contributed by atoms with Gasteiger partial charge in [0.1, 0.15) is 12.0 Å². The molecule has 0 saturated heterocycles. The molecule has 0 aliphatic carbocycles. The van der Waals surface area contributed by atoms with Crippen molar-refractivity contribution >= 4 is 22.5 Å². The summed E-state index contributed by atoms with van der Waals surface area (Å²) in [7, 11) is 0. The molecular weight excluding hydrogens is 354 g/mol. The Morgan fingerprint density at radius 1 is 1.07 bits per heavy atom. The molecule has 4 rings (SSSR count). The highest BCUT2D eigenvalue weighted by molar-refractivity contribution is 6.08. The van der Waals surface area contributed by atoms with E-state index in [2.05, 4.69) is 20.5 Å². The lowest BCUT2D eigenvalue weighted by molar-refractivity contribution is 0.100. The molecule has 7 heteroatoms. The lowest BCUT2D eigenvalue weighted by Gasteiger charge is -2.10. The third-order valence-corrected chi connectivity index (χ3v) is 4.51. The van der Waals surface area contributed by atoms with Crippen molar-refractivity contribution in [3.63, 3.8) is 0 Å². The van der Waals surface area contributed by atoms with E-state index >= 15 is 0 Å². The van der Waals surface area contributed by atoms with Crippen molar-refractivity contribution in [2.75, 3.05) is 5.32 Å². The van der Waals surface area contributed by atoms with Gasteiger partial charge >= 0.3 is 0 Å². The second kappa shape index (κ2) is 7.48. The van der Waals surface area contributed by atoms with E-state index in [4.69, 9.17) is 10.2 Å². The van der Waals surface area contributed by atoms with Crippen LogP contribution in [0.4, 0.5) is 5.82 Å². The first kappa shape index (κ1) is 17.7. The monoisotopic (exact) mass is 373 g/mol. The maximum Gasteiger partial charge on any atom is 0.249 e. The van der Waals surface area contributed by atoms with E-state index < -0.39 is 5.91 Å². The van der Waals surface area contributed by atoms with Crippen LogP contribution in [-0.4, -0.2) is 21.1 Å². The Morgan fingerprint density at radius 3 is 2.64 bits per heavy atom. The van der Waals surface area contributed by atoms with E-state index in [1.807, 2.05) is 43.3 Å². The first-order chi connectivity index (χ1) is 13.7. The van der Waals surface area contributed by atoms with Gasteiger partial charge in [-0.3, -0.25) is 4.79 Å². The average Bonchev–Trinajstić information content (AvgIpc) is 3.17. The Balaban J connectivity index is 1.72. The molecular formula is C21H19N5O2. The summed E-state index contributed by atoms with van der Waals surface area (Å²) in [5.74, 6) is 0.955. The molecule has 0 unspecified atom stereocenters. The van der Waals surface area contributed by atoms with Crippen LogP contribution in [-0.2, 0) is 13.0 Å². The van der Waals surface area contributed by atoms with Crippen molar-refractivity contribution in [1.29, 1.82) is 0 Å². The average molecular weight is 373 g/mol. The summed E-state index contributed by atoms with van der Waals surface area (Å²) >= 11 is 0. The molecule has 3 N–H and O–H groups in total. The van der Waals surface area contributed by atoms with Crippen LogP contribution < -0.4 is 11.1 Å². The lowest BCUT2D eigenvalue weighted by Crippen LogP contribution is -2.10. The molecule has 28 heavy (non-hydrogen) atoms. The number of carbonyl (C=O) groups is 1. The zero-order valence-electron chi connectivity index (χ0n) is 15.3. The van der Waals surface area contributed by atoms with Gasteiger partial charge in [-0.15, -0.1) is 10.2 Å². The number of benzene rings is 2. The number of furan rings is 1. The van der Waals surface area contributed by atoms with Gasteiger partial charge in [-0.2, -0.15) is 0 Å². The zero-order chi connectivity index (χ0) is 19.5. The van der Waals surface area contributed by atoms with Crippen LogP contribution in [0.3, 0.4) is 0 Å². The quantitative estimate of drug-likeness (QED) is 0.535. The zero-order valence-corrected chi connectivity index (χ0v) is 15.3. The number of rotatable bonds is 6. The van der Waals surface area contributed by atoms with Gasteiger partial charge in [0.25, 0.3) is 0 Å². The minimum absolute atomic E-state index is 0.351. The van der Waals surface area contributed by atoms with Crippen LogP contribution in [0.1, 0.15) is 28.5 Å².